The van der Waals surface area contributed by atoms with Crippen LogP contribution in [0.15, 0.2) is 30.3 Å². The summed E-state index contributed by atoms with van der Waals surface area (Å²) in [6.07, 6.45) is 0.880. The second-order valence-corrected chi connectivity index (χ2v) is 5.22. The first kappa shape index (κ1) is 15.7. The minimum atomic E-state index is -0.636. The van der Waals surface area contributed by atoms with Crippen molar-refractivity contribution >= 4 is 5.97 Å². The van der Waals surface area contributed by atoms with Gasteiger partial charge in [-0.3, -0.25) is 4.79 Å². The van der Waals surface area contributed by atoms with Crippen molar-refractivity contribution in [3.8, 4) is 0 Å². The lowest BCUT2D eigenvalue weighted by molar-refractivity contribution is -0.155. The number of aliphatic hydroxyl groups excluding tert-OH is 1. The van der Waals surface area contributed by atoms with Gasteiger partial charge in [-0.2, -0.15) is 0 Å². The van der Waals surface area contributed by atoms with Crippen molar-refractivity contribution in [1.29, 1.82) is 0 Å². The van der Waals surface area contributed by atoms with Crippen LogP contribution in [0.1, 0.15) is 39.2 Å². The SMILES string of the molecule is CCC[C@H](C(=O)OCc1ccccc1)[C@@H](O)C(C)C. The molecule has 0 aromatic heterocycles. The van der Waals surface area contributed by atoms with Gasteiger partial charge in [-0.15, -0.1) is 0 Å². The van der Waals surface area contributed by atoms with Crippen LogP contribution in [-0.2, 0) is 16.1 Å². The van der Waals surface area contributed by atoms with Crippen LogP contribution in [0, 0.1) is 11.8 Å². The molecule has 0 unspecified atom stereocenters. The van der Waals surface area contributed by atoms with Gasteiger partial charge in [0.15, 0.2) is 0 Å². The van der Waals surface area contributed by atoms with Gasteiger partial charge in [0.25, 0.3) is 0 Å². The number of esters is 1. The third-order valence-electron chi connectivity index (χ3n) is 3.22. The molecule has 0 fully saturated rings. The highest BCUT2D eigenvalue weighted by Gasteiger charge is 2.29. The van der Waals surface area contributed by atoms with Crippen LogP contribution in [0.4, 0.5) is 0 Å². The Morgan fingerprint density at radius 1 is 1.26 bits per heavy atom. The summed E-state index contributed by atoms with van der Waals surface area (Å²) < 4.78 is 5.32. The van der Waals surface area contributed by atoms with Gasteiger partial charge in [-0.1, -0.05) is 57.5 Å². The predicted molar refractivity (Wildman–Crippen MR) is 75.5 cm³/mol. The fourth-order valence-electron chi connectivity index (χ4n) is 2.04. The zero-order valence-electron chi connectivity index (χ0n) is 12.0. The number of hydrogen-bond acceptors (Lipinski definition) is 3. The smallest absolute Gasteiger partial charge is 0.311 e. The molecule has 1 aromatic carbocycles. The number of benzene rings is 1. The maximum atomic E-state index is 12.1. The van der Waals surface area contributed by atoms with Gasteiger partial charge in [0.1, 0.15) is 6.61 Å². The minimum absolute atomic E-state index is 0.0563. The topological polar surface area (TPSA) is 46.5 Å². The van der Waals surface area contributed by atoms with Gasteiger partial charge >= 0.3 is 5.97 Å². The molecule has 19 heavy (non-hydrogen) atoms. The van der Waals surface area contributed by atoms with Crippen molar-refractivity contribution in [2.24, 2.45) is 11.8 Å². The lowest BCUT2D eigenvalue weighted by Crippen LogP contribution is -2.33. The Labute approximate surface area is 115 Å². The van der Waals surface area contributed by atoms with E-state index in [4.69, 9.17) is 4.74 Å². The molecule has 3 heteroatoms. The fourth-order valence-corrected chi connectivity index (χ4v) is 2.04. The van der Waals surface area contributed by atoms with E-state index in [0.29, 0.717) is 6.42 Å². The molecular formula is C16H24O3. The molecule has 1 aromatic rings. The van der Waals surface area contributed by atoms with Crippen molar-refractivity contribution in [2.45, 2.75) is 46.3 Å². The van der Waals surface area contributed by atoms with Gasteiger partial charge in [-0.25, -0.2) is 0 Å². The van der Waals surface area contributed by atoms with Gasteiger partial charge in [-0.05, 0) is 17.9 Å². The molecule has 106 valence electrons. The number of carbonyl (C=O) groups is 1. The molecule has 0 aliphatic rings. The highest BCUT2D eigenvalue weighted by atomic mass is 16.5. The molecule has 1 rings (SSSR count). The molecule has 3 nitrogen and oxygen atoms in total. The van der Waals surface area contributed by atoms with Crippen molar-refractivity contribution in [1.82, 2.24) is 0 Å². The van der Waals surface area contributed by atoms with Crippen molar-refractivity contribution in [3.63, 3.8) is 0 Å². The van der Waals surface area contributed by atoms with Crippen LogP contribution in [0.25, 0.3) is 0 Å². The number of ether oxygens (including phenoxy) is 1. The zero-order valence-corrected chi connectivity index (χ0v) is 12.0. The summed E-state index contributed by atoms with van der Waals surface area (Å²) in [6, 6.07) is 9.58. The standard InChI is InChI=1S/C16H24O3/c1-4-8-14(15(17)12(2)3)16(18)19-11-13-9-6-5-7-10-13/h5-7,9-10,12,14-15,17H,4,8,11H2,1-3H3/t14-,15-/m0/s1. The number of carbonyl (C=O) groups excluding carboxylic acids is 1. The Balaban J connectivity index is 2.57. The van der Waals surface area contributed by atoms with E-state index in [1.807, 2.05) is 51.1 Å². The van der Waals surface area contributed by atoms with E-state index < -0.39 is 12.0 Å². The summed E-state index contributed by atoms with van der Waals surface area (Å²) in [7, 11) is 0. The van der Waals surface area contributed by atoms with Crippen molar-refractivity contribution in [3.05, 3.63) is 35.9 Å². The largest absolute Gasteiger partial charge is 0.461 e. The zero-order chi connectivity index (χ0) is 14.3. The van der Waals surface area contributed by atoms with Gasteiger partial charge in [0, 0.05) is 0 Å². The molecule has 1 N–H and O–H groups in total. The lowest BCUT2D eigenvalue weighted by Gasteiger charge is -2.23. The molecule has 0 spiro atoms. The van der Waals surface area contributed by atoms with Crippen LogP contribution in [0.5, 0.6) is 0 Å². The summed E-state index contributed by atoms with van der Waals surface area (Å²) >= 11 is 0. The third kappa shape index (κ3) is 5.03. The Bertz CT molecular complexity index is 373. The number of rotatable bonds is 7. The van der Waals surface area contributed by atoms with E-state index in [2.05, 4.69) is 0 Å². The maximum Gasteiger partial charge on any atom is 0.311 e. The molecule has 0 heterocycles. The molecule has 0 amide bonds. The molecule has 0 saturated heterocycles. The first-order valence-electron chi connectivity index (χ1n) is 6.94. The van der Waals surface area contributed by atoms with Crippen LogP contribution >= 0.6 is 0 Å². The number of hydrogen-bond donors (Lipinski definition) is 1. The summed E-state index contributed by atoms with van der Waals surface area (Å²) in [5.41, 5.74) is 0.963. The van der Waals surface area contributed by atoms with Crippen molar-refractivity contribution < 1.29 is 14.6 Å². The number of aliphatic hydroxyl groups is 1. The van der Waals surface area contributed by atoms with E-state index in [9.17, 15) is 9.90 Å². The summed E-state index contributed by atoms with van der Waals surface area (Å²) in [5.74, 6) is -0.665. The van der Waals surface area contributed by atoms with E-state index in [0.717, 1.165) is 12.0 Å². The average Bonchev–Trinajstić information content (AvgIpc) is 2.42. The van der Waals surface area contributed by atoms with E-state index >= 15 is 0 Å². The van der Waals surface area contributed by atoms with E-state index in [1.165, 1.54) is 0 Å². The van der Waals surface area contributed by atoms with E-state index in [1.54, 1.807) is 0 Å². The Kier molecular flexibility index (Phi) is 6.57. The first-order chi connectivity index (χ1) is 9.06. The summed E-state index contributed by atoms with van der Waals surface area (Å²) in [4.78, 5) is 12.1. The Morgan fingerprint density at radius 3 is 2.42 bits per heavy atom. The van der Waals surface area contributed by atoms with Crippen LogP contribution < -0.4 is 0 Å². The Hall–Kier alpha value is -1.35. The van der Waals surface area contributed by atoms with E-state index in [-0.39, 0.29) is 18.5 Å². The minimum Gasteiger partial charge on any atom is -0.461 e. The van der Waals surface area contributed by atoms with Crippen LogP contribution in [0.3, 0.4) is 0 Å². The second-order valence-electron chi connectivity index (χ2n) is 5.22. The molecule has 0 bridgehead atoms. The summed E-state index contributed by atoms with van der Waals surface area (Å²) in [5, 5.41) is 10.1. The molecule has 0 saturated carbocycles. The Morgan fingerprint density at radius 2 is 1.89 bits per heavy atom. The highest BCUT2D eigenvalue weighted by Crippen LogP contribution is 2.20. The average molecular weight is 264 g/mol. The monoisotopic (exact) mass is 264 g/mol. The fraction of sp³-hybridized carbons (Fsp3) is 0.562. The molecular weight excluding hydrogens is 240 g/mol. The molecule has 0 aliphatic heterocycles. The van der Waals surface area contributed by atoms with Gasteiger partial charge in [0.05, 0.1) is 12.0 Å². The first-order valence-corrected chi connectivity index (χ1v) is 6.94. The van der Waals surface area contributed by atoms with Crippen LogP contribution in [-0.4, -0.2) is 17.2 Å². The maximum absolute atomic E-state index is 12.1. The quantitative estimate of drug-likeness (QED) is 0.769. The predicted octanol–water partition coefficient (Wildman–Crippen LogP) is 3.16. The normalized spacial score (nSPS) is 14.2. The summed E-state index contributed by atoms with van der Waals surface area (Å²) in [6.45, 7) is 6.10. The van der Waals surface area contributed by atoms with Gasteiger partial charge < -0.3 is 9.84 Å². The molecule has 0 aliphatic carbocycles. The molecule has 0 radical (unpaired) electrons. The second kappa shape index (κ2) is 7.95. The van der Waals surface area contributed by atoms with Crippen LogP contribution in [0.2, 0.25) is 0 Å². The highest BCUT2D eigenvalue weighted by molar-refractivity contribution is 5.73. The van der Waals surface area contributed by atoms with Gasteiger partial charge in [0.2, 0.25) is 0 Å². The lowest BCUT2D eigenvalue weighted by atomic mass is 9.90. The molecule has 2 atom stereocenters. The third-order valence-corrected chi connectivity index (χ3v) is 3.22. The van der Waals surface area contributed by atoms with Crippen molar-refractivity contribution in [2.75, 3.05) is 0 Å².